The second-order valence-corrected chi connectivity index (χ2v) is 5.15. The van der Waals surface area contributed by atoms with Crippen LogP contribution in [0.25, 0.3) is 0 Å². The molecule has 1 aliphatic heterocycles. The molecule has 7 nitrogen and oxygen atoms in total. The number of phenolic OH excluding ortho intramolecular Hbond substituents is 1. The van der Waals surface area contributed by atoms with Crippen LogP contribution < -0.4 is 5.32 Å². The summed E-state index contributed by atoms with van der Waals surface area (Å²) in [6, 6.07) is 4.18. The van der Waals surface area contributed by atoms with E-state index in [9.17, 15) is 20.0 Å². The zero-order chi connectivity index (χ0) is 15.4. The number of rotatable bonds is 6. The van der Waals surface area contributed by atoms with Crippen LogP contribution >= 0.6 is 0 Å². The number of phenols is 1. The standard InChI is InChI=1S/C14H19N3O4/c1-2-3-4-7-16-9-13(19)15-14(16)10-5-6-11(17(20)21)12(18)8-10/h5-6,8,14,18H,2-4,7,9H2,1H3,(H,15,19)/t14-/m1/s1. The maximum atomic E-state index is 11.6. The van der Waals surface area contributed by atoms with Gasteiger partial charge in [0.05, 0.1) is 11.5 Å². The van der Waals surface area contributed by atoms with E-state index in [4.69, 9.17) is 0 Å². The fourth-order valence-electron chi connectivity index (χ4n) is 2.50. The van der Waals surface area contributed by atoms with Gasteiger partial charge >= 0.3 is 5.69 Å². The maximum Gasteiger partial charge on any atom is 0.310 e. The summed E-state index contributed by atoms with van der Waals surface area (Å²) >= 11 is 0. The van der Waals surface area contributed by atoms with Crippen molar-refractivity contribution in [1.29, 1.82) is 0 Å². The number of hydrogen-bond acceptors (Lipinski definition) is 5. The largest absolute Gasteiger partial charge is 0.502 e. The SMILES string of the molecule is CCCCCN1CC(=O)N[C@H]1c1ccc([N+](=O)[O-])c(O)c1. The summed E-state index contributed by atoms with van der Waals surface area (Å²) in [5.74, 6) is -0.457. The lowest BCUT2D eigenvalue weighted by atomic mass is 10.1. The van der Waals surface area contributed by atoms with Gasteiger partial charge in [-0.25, -0.2) is 0 Å². The van der Waals surface area contributed by atoms with Gasteiger partial charge in [0, 0.05) is 12.6 Å². The number of unbranched alkanes of at least 4 members (excludes halogenated alkanes) is 2. The Morgan fingerprint density at radius 2 is 2.24 bits per heavy atom. The molecular weight excluding hydrogens is 274 g/mol. The number of carbonyl (C=O) groups excluding carboxylic acids is 1. The lowest BCUT2D eigenvalue weighted by molar-refractivity contribution is -0.385. The molecule has 0 saturated carbocycles. The quantitative estimate of drug-likeness (QED) is 0.474. The van der Waals surface area contributed by atoms with Gasteiger partial charge in [-0.2, -0.15) is 0 Å². The zero-order valence-electron chi connectivity index (χ0n) is 11.9. The molecule has 7 heteroatoms. The van der Waals surface area contributed by atoms with E-state index in [2.05, 4.69) is 12.2 Å². The topological polar surface area (TPSA) is 95.7 Å². The molecule has 1 aromatic rings. The van der Waals surface area contributed by atoms with Crippen molar-refractivity contribution in [2.45, 2.75) is 32.4 Å². The molecule has 1 fully saturated rings. The van der Waals surface area contributed by atoms with Crippen LogP contribution in [0.1, 0.15) is 37.9 Å². The van der Waals surface area contributed by atoms with Crippen molar-refractivity contribution in [3.05, 3.63) is 33.9 Å². The van der Waals surface area contributed by atoms with Crippen LogP contribution in [0.4, 0.5) is 5.69 Å². The number of aromatic hydroxyl groups is 1. The van der Waals surface area contributed by atoms with Crippen LogP contribution in [0.2, 0.25) is 0 Å². The average molecular weight is 293 g/mol. The molecule has 0 spiro atoms. The van der Waals surface area contributed by atoms with Gasteiger partial charge in [0.2, 0.25) is 5.91 Å². The average Bonchev–Trinajstić information content (AvgIpc) is 2.79. The van der Waals surface area contributed by atoms with E-state index in [0.717, 1.165) is 25.8 Å². The summed E-state index contributed by atoms with van der Waals surface area (Å²) in [7, 11) is 0. The zero-order valence-corrected chi connectivity index (χ0v) is 11.9. The Morgan fingerprint density at radius 3 is 2.86 bits per heavy atom. The molecule has 1 amide bonds. The lowest BCUT2D eigenvalue weighted by Crippen LogP contribution is -2.28. The van der Waals surface area contributed by atoms with E-state index in [-0.39, 0.29) is 23.5 Å². The van der Waals surface area contributed by atoms with Gasteiger partial charge in [0.15, 0.2) is 5.75 Å². The van der Waals surface area contributed by atoms with E-state index in [1.807, 2.05) is 4.90 Å². The third-order valence-electron chi connectivity index (χ3n) is 3.57. The van der Waals surface area contributed by atoms with Gasteiger partial charge in [0.1, 0.15) is 6.17 Å². The molecule has 2 N–H and O–H groups in total. The van der Waals surface area contributed by atoms with E-state index >= 15 is 0 Å². The van der Waals surface area contributed by atoms with Crippen LogP contribution in [0.15, 0.2) is 18.2 Å². The number of nitrogens with zero attached hydrogens (tertiary/aromatic N) is 2. The Morgan fingerprint density at radius 1 is 1.48 bits per heavy atom. The molecular formula is C14H19N3O4. The smallest absolute Gasteiger partial charge is 0.310 e. The number of nitro groups is 1. The minimum atomic E-state index is -0.634. The van der Waals surface area contributed by atoms with Crippen molar-refractivity contribution in [3.63, 3.8) is 0 Å². The van der Waals surface area contributed by atoms with E-state index < -0.39 is 4.92 Å². The van der Waals surface area contributed by atoms with Crippen molar-refractivity contribution in [1.82, 2.24) is 10.2 Å². The van der Waals surface area contributed by atoms with Gasteiger partial charge in [-0.3, -0.25) is 19.8 Å². The lowest BCUT2D eigenvalue weighted by Gasteiger charge is -2.23. The summed E-state index contributed by atoms with van der Waals surface area (Å²) < 4.78 is 0. The maximum absolute atomic E-state index is 11.6. The molecule has 114 valence electrons. The Kier molecular flexibility index (Phi) is 4.74. The summed E-state index contributed by atoms with van der Waals surface area (Å²) in [5, 5.41) is 23.3. The summed E-state index contributed by atoms with van der Waals surface area (Å²) in [5.41, 5.74) is 0.320. The summed E-state index contributed by atoms with van der Waals surface area (Å²) in [6.45, 7) is 3.19. The minimum absolute atomic E-state index is 0.0747. The number of amides is 1. The highest BCUT2D eigenvalue weighted by atomic mass is 16.6. The van der Waals surface area contributed by atoms with Gasteiger partial charge in [-0.15, -0.1) is 0 Å². The first-order valence-corrected chi connectivity index (χ1v) is 7.03. The number of benzene rings is 1. The highest BCUT2D eigenvalue weighted by Crippen LogP contribution is 2.31. The van der Waals surface area contributed by atoms with Gasteiger partial charge in [-0.1, -0.05) is 19.8 Å². The van der Waals surface area contributed by atoms with Crippen LogP contribution in [0.3, 0.4) is 0 Å². The van der Waals surface area contributed by atoms with Gasteiger partial charge in [-0.05, 0) is 24.1 Å². The number of hydrogen-bond donors (Lipinski definition) is 2. The first kappa shape index (κ1) is 15.2. The Labute approximate surface area is 122 Å². The molecule has 0 bridgehead atoms. The monoisotopic (exact) mass is 293 g/mol. The molecule has 0 unspecified atom stereocenters. The third kappa shape index (κ3) is 3.49. The van der Waals surface area contributed by atoms with Crippen molar-refractivity contribution < 1.29 is 14.8 Å². The van der Waals surface area contributed by atoms with Crippen molar-refractivity contribution in [2.24, 2.45) is 0 Å². The van der Waals surface area contributed by atoms with Crippen LogP contribution in [0, 0.1) is 10.1 Å². The molecule has 1 aromatic carbocycles. The highest BCUT2D eigenvalue weighted by molar-refractivity contribution is 5.80. The first-order valence-electron chi connectivity index (χ1n) is 7.03. The minimum Gasteiger partial charge on any atom is -0.502 e. The predicted octanol–water partition coefficient (Wildman–Crippen LogP) is 1.92. The number of nitro benzene ring substituents is 1. The third-order valence-corrected chi connectivity index (χ3v) is 3.57. The normalized spacial score (nSPS) is 18.7. The van der Waals surface area contributed by atoms with Crippen molar-refractivity contribution in [2.75, 3.05) is 13.1 Å². The summed E-state index contributed by atoms with van der Waals surface area (Å²) in [6.07, 6.45) is 2.84. The fraction of sp³-hybridized carbons (Fsp3) is 0.500. The van der Waals surface area contributed by atoms with E-state index in [0.29, 0.717) is 12.1 Å². The van der Waals surface area contributed by atoms with E-state index in [1.54, 1.807) is 6.07 Å². The van der Waals surface area contributed by atoms with Gasteiger partial charge in [0.25, 0.3) is 0 Å². The Hall–Kier alpha value is -2.15. The Bertz CT molecular complexity index is 547. The highest BCUT2D eigenvalue weighted by Gasteiger charge is 2.31. The molecule has 1 aliphatic rings. The molecule has 21 heavy (non-hydrogen) atoms. The fourth-order valence-corrected chi connectivity index (χ4v) is 2.50. The number of nitrogens with one attached hydrogen (secondary N) is 1. The Balaban J connectivity index is 2.16. The van der Waals surface area contributed by atoms with Gasteiger partial charge < -0.3 is 10.4 Å². The second-order valence-electron chi connectivity index (χ2n) is 5.15. The molecule has 2 rings (SSSR count). The molecule has 1 heterocycles. The first-order chi connectivity index (χ1) is 10.0. The number of carbonyl (C=O) groups is 1. The van der Waals surface area contributed by atoms with E-state index in [1.165, 1.54) is 12.1 Å². The van der Waals surface area contributed by atoms with Crippen LogP contribution in [0.5, 0.6) is 5.75 Å². The molecule has 0 radical (unpaired) electrons. The van der Waals surface area contributed by atoms with Crippen molar-refractivity contribution >= 4 is 11.6 Å². The predicted molar refractivity (Wildman–Crippen MR) is 76.7 cm³/mol. The van der Waals surface area contributed by atoms with Crippen molar-refractivity contribution in [3.8, 4) is 5.75 Å². The van der Waals surface area contributed by atoms with Crippen LogP contribution in [-0.4, -0.2) is 33.9 Å². The molecule has 1 atom stereocenters. The molecule has 0 aliphatic carbocycles. The second kappa shape index (κ2) is 6.53. The summed E-state index contributed by atoms with van der Waals surface area (Å²) in [4.78, 5) is 23.7. The molecule has 1 saturated heterocycles. The van der Waals surface area contributed by atoms with Crippen LogP contribution in [-0.2, 0) is 4.79 Å². The molecule has 0 aromatic heterocycles.